The summed E-state index contributed by atoms with van der Waals surface area (Å²) in [6, 6.07) is 5.64. The van der Waals surface area contributed by atoms with E-state index in [0.717, 1.165) is 37.8 Å². The van der Waals surface area contributed by atoms with Gasteiger partial charge in [-0.2, -0.15) is 0 Å². The third-order valence-electron chi connectivity index (χ3n) is 4.71. The summed E-state index contributed by atoms with van der Waals surface area (Å²) >= 11 is 0. The monoisotopic (exact) mass is 310 g/mol. The lowest BCUT2D eigenvalue weighted by Crippen LogP contribution is -2.38. The van der Waals surface area contributed by atoms with Crippen molar-refractivity contribution in [2.75, 3.05) is 6.54 Å². The topological polar surface area (TPSA) is 66.6 Å². The van der Waals surface area contributed by atoms with Crippen LogP contribution in [0.4, 0.5) is 0 Å². The largest absolute Gasteiger partial charge is 0.508 e. The van der Waals surface area contributed by atoms with Crippen LogP contribution in [-0.2, 0) is 17.8 Å². The zero-order chi connectivity index (χ0) is 14.1. The number of nitrogens with two attached hydrogens (primary N) is 1. The lowest BCUT2D eigenvalue weighted by molar-refractivity contribution is -0.133. The minimum atomic E-state index is 0. The summed E-state index contributed by atoms with van der Waals surface area (Å²) in [5.74, 6) is 0.838. The third-order valence-corrected chi connectivity index (χ3v) is 4.71. The van der Waals surface area contributed by atoms with Gasteiger partial charge in [0, 0.05) is 25.6 Å². The van der Waals surface area contributed by atoms with E-state index >= 15 is 0 Å². The number of rotatable bonds is 2. The van der Waals surface area contributed by atoms with Crippen LogP contribution in [0.2, 0.25) is 0 Å². The second-order valence-electron chi connectivity index (χ2n) is 6.08. The van der Waals surface area contributed by atoms with E-state index in [0.29, 0.717) is 18.9 Å². The number of hydrogen-bond donors (Lipinski definition) is 2. The van der Waals surface area contributed by atoms with Crippen molar-refractivity contribution in [3.8, 4) is 5.75 Å². The Morgan fingerprint density at radius 3 is 2.86 bits per heavy atom. The van der Waals surface area contributed by atoms with Crippen molar-refractivity contribution in [3.05, 3.63) is 29.3 Å². The Balaban J connectivity index is 0.00000161. The average Bonchev–Trinajstić information content (AvgIpc) is 2.83. The Morgan fingerprint density at radius 2 is 2.14 bits per heavy atom. The Morgan fingerprint density at radius 1 is 1.33 bits per heavy atom. The highest BCUT2D eigenvalue weighted by Gasteiger charge is 2.29. The van der Waals surface area contributed by atoms with Crippen LogP contribution < -0.4 is 5.73 Å². The third kappa shape index (κ3) is 3.50. The molecule has 3 N–H and O–H groups in total. The van der Waals surface area contributed by atoms with Gasteiger partial charge in [-0.1, -0.05) is 12.5 Å². The van der Waals surface area contributed by atoms with Gasteiger partial charge < -0.3 is 15.7 Å². The van der Waals surface area contributed by atoms with Gasteiger partial charge in [0.1, 0.15) is 5.75 Å². The summed E-state index contributed by atoms with van der Waals surface area (Å²) in [6.07, 6.45) is 4.73. The van der Waals surface area contributed by atoms with E-state index in [4.69, 9.17) is 5.73 Å². The van der Waals surface area contributed by atoms with Crippen molar-refractivity contribution in [1.82, 2.24) is 4.90 Å². The maximum Gasteiger partial charge on any atom is 0.223 e. The summed E-state index contributed by atoms with van der Waals surface area (Å²) < 4.78 is 0. The van der Waals surface area contributed by atoms with E-state index < -0.39 is 0 Å². The van der Waals surface area contributed by atoms with E-state index in [1.165, 1.54) is 5.56 Å². The fourth-order valence-corrected chi connectivity index (χ4v) is 3.43. The zero-order valence-electron chi connectivity index (χ0n) is 12.1. The summed E-state index contributed by atoms with van der Waals surface area (Å²) in [7, 11) is 0. The number of halogens is 1. The van der Waals surface area contributed by atoms with Gasteiger partial charge in [-0.05, 0) is 48.4 Å². The van der Waals surface area contributed by atoms with Gasteiger partial charge in [0.15, 0.2) is 0 Å². The molecule has 1 aromatic carbocycles. The molecule has 3 rings (SSSR count). The molecule has 0 aromatic heterocycles. The van der Waals surface area contributed by atoms with E-state index in [1.54, 1.807) is 12.1 Å². The number of hydrogen-bond acceptors (Lipinski definition) is 3. The molecular formula is C16H23ClN2O2. The number of benzene rings is 1. The predicted octanol–water partition coefficient (Wildman–Crippen LogP) is 2.22. The number of fused-ring (bicyclic) bond motifs is 1. The van der Waals surface area contributed by atoms with E-state index in [1.807, 2.05) is 11.0 Å². The molecule has 4 nitrogen and oxygen atoms in total. The normalized spacial score (nSPS) is 24.3. The van der Waals surface area contributed by atoms with Gasteiger partial charge in [-0.15, -0.1) is 12.4 Å². The van der Waals surface area contributed by atoms with Crippen LogP contribution in [-0.4, -0.2) is 28.5 Å². The maximum atomic E-state index is 12.4. The Labute approximate surface area is 131 Å². The molecular weight excluding hydrogens is 288 g/mol. The van der Waals surface area contributed by atoms with Crippen molar-refractivity contribution in [2.24, 2.45) is 11.7 Å². The van der Waals surface area contributed by atoms with Crippen LogP contribution in [0.15, 0.2) is 18.2 Å². The van der Waals surface area contributed by atoms with Gasteiger partial charge in [0.05, 0.1) is 0 Å². The number of carbonyl (C=O) groups is 1. The molecule has 1 fully saturated rings. The minimum absolute atomic E-state index is 0. The fourth-order valence-electron chi connectivity index (χ4n) is 3.43. The van der Waals surface area contributed by atoms with Crippen LogP contribution in [0.5, 0.6) is 5.75 Å². The predicted molar refractivity (Wildman–Crippen MR) is 84.4 cm³/mol. The molecule has 1 aliphatic heterocycles. The van der Waals surface area contributed by atoms with Crippen LogP contribution in [0.1, 0.15) is 36.8 Å². The number of nitrogens with zero attached hydrogens (tertiary/aromatic N) is 1. The molecule has 1 aliphatic carbocycles. The van der Waals surface area contributed by atoms with Crippen molar-refractivity contribution in [2.45, 2.75) is 44.7 Å². The van der Waals surface area contributed by atoms with Gasteiger partial charge in [-0.25, -0.2) is 0 Å². The van der Waals surface area contributed by atoms with Crippen LogP contribution in [0.25, 0.3) is 0 Å². The molecule has 0 radical (unpaired) electrons. The second kappa shape index (κ2) is 6.67. The van der Waals surface area contributed by atoms with E-state index in [-0.39, 0.29) is 30.1 Å². The van der Waals surface area contributed by atoms with Crippen LogP contribution in [0.3, 0.4) is 0 Å². The summed E-state index contributed by atoms with van der Waals surface area (Å²) in [5, 5.41) is 9.56. The van der Waals surface area contributed by atoms with Gasteiger partial charge >= 0.3 is 0 Å². The smallest absolute Gasteiger partial charge is 0.223 e. The lowest BCUT2D eigenvalue weighted by Gasteiger charge is -2.30. The second-order valence-corrected chi connectivity index (χ2v) is 6.08. The van der Waals surface area contributed by atoms with Crippen molar-refractivity contribution in [1.29, 1.82) is 0 Å². The number of aromatic hydroxyl groups is 1. The highest BCUT2D eigenvalue weighted by atomic mass is 35.5. The number of phenols is 1. The quantitative estimate of drug-likeness (QED) is 0.880. The Bertz CT molecular complexity index is 521. The summed E-state index contributed by atoms with van der Waals surface area (Å²) in [4.78, 5) is 14.3. The minimum Gasteiger partial charge on any atom is -0.508 e. The molecule has 116 valence electrons. The molecule has 1 aromatic rings. The highest BCUT2D eigenvalue weighted by Crippen LogP contribution is 2.29. The fraction of sp³-hybridized carbons (Fsp3) is 0.562. The molecule has 0 bridgehead atoms. The highest BCUT2D eigenvalue weighted by molar-refractivity contribution is 5.85. The Kier molecular flexibility index (Phi) is 5.12. The van der Waals surface area contributed by atoms with Gasteiger partial charge in [-0.3, -0.25) is 4.79 Å². The molecule has 0 spiro atoms. The first kappa shape index (κ1) is 16.1. The van der Waals surface area contributed by atoms with E-state index in [9.17, 15) is 9.90 Å². The molecule has 1 heterocycles. The SMILES string of the molecule is Cl.N[C@@H]1CCC[C@H]1CC(=O)N1CCc2ccc(O)cc2C1. The molecule has 2 atom stereocenters. The first-order chi connectivity index (χ1) is 9.63. The molecule has 0 unspecified atom stereocenters. The van der Waals surface area contributed by atoms with Gasteiger partial charge in [0.2, 0.25) is 5.91 Å². The van der Waals surface area contributed by atoms with E-state index in [2.05, 4.69) is 0 Å². The molecule has 5 heteroatoms. The maximum absolute atomic E-state index is 12.4. The molecule has 0 saturated heterocycles. The lowest BCUT2D eigenvalue weighted by atomic mass is 9.96. The molecule has 1 saturated carbocycles. The Hall–Kier alpha value is -1.26. The summed E-state index contributed by atoms with van der Waals surface area (Å²) in [5.41, 5.74) is 8.36. The van der Waals surface area contributed by atoms with Crippen molar-refractivity contribution in [3.63, 3.8) is 0 Å². The number of phenolic OH excluding ortho intramolecular Hbond substituents is 1. The van der Waals surface area contributed by atoms with Crippen LogP contribution >= 0.6 is 12.4 Å². The zero-order valence-corrected chi connectivity index (χ0v) is 12.9. The average molecular weight is 311 g/mol. The molecule has 2 aliphatic rings. The first-order valence-electron chi connectivity index (χ1n) is 7.47. The molecule has 21 heavy (non-hydrogen) atoms. The standard InChI is InChI=1S/C16H22N2O2.ClH/c17-15-3-1-2-12(15)9-16(20)18-7-6-11-4-5-14(19)8-13(11)10-18;/h4-5,8,12,15,19H,1-3,6-7,9-10,17H2;1H/t12-,15+;/m0./s1. The van der Waals surface area contributed by atoms with Gasteiger partial charge in [0.25, 0.3) is 0 Å². The first-order valence-corrected chi connectivity index (χ1v) is 7.47. The van der Waals surface area contributed by atoms with Crippen molar-refractivity contribution < 1.29 is 9.90 Å². The number of carbonyl (C=O) groups excluding carboxylic acids is 1. The number of amides is 1. The van der Waals surface area contributed by atoms with Crippen molar-refractivity contribution >= 4 is 18.3 Å². The summed E-state index contributed by atoms with van der Waals surface area (Å²) in [6.45, 7) is 1.39. The molecule has 1 amide bonds. The van der Waals surface area contributed by atoms with Crippen LogP contribution in [0, 0.1) is 5.92 Å².